The maximum Gasteiger partial charge on any atom is 0.135 e. The number of anilines is 1. The van der Waals surface area contributed by atoms with Gasteiger partial charge < -0.3 is 10.2 Å². The van der Waals surface area contributed by atoms with Gasteiger partial charge in [0.25, 0.3) is 0 Å². The lowest BCUT2D eigenvalue weighted by molar-refractivity contribution is 0.554. The molecule has 0 radical (unpaired) electrons. The van der Waals surface area contributed by atoms with Crippen molar-refractivity contribution in [1.29, 1.82) is 0 Å². The molecule has 1 saturated heterocycles. The summed E-state index contributed by atoms with van der Waals surface area (Å²) in [5.74, 6) is 1.66. The van der Waals surface area contributed by atoms with Crippen LogP contribution in [0.4, 0.5) is 5.82 Å². The van der Waals surface area contributed by atoms with E-state index in [1.165, 1.54) is 39.1 Å². The minimum Gasteiger partial charge on any atom is -0.354 e. The maximum absolute atomic E-state index is 4.71. The molecule has 1 aliphatic heterocycles. The highest BCUT2D eigenvalue weighted by Crippen LogP contribution is 2.41. The number of nitrogens with zero attached hydrogens (tertiary/aromatic N) is 5. The fourth-order valence-corrected chi connectivity index (χ4v) is 6.28. The molecule has 0 bridgehead atoms. The molecule has 146 valence electrons. The lowest BCUT2D eigenvalue weighted by atomic mass is 9.80. The van der Waals surface area contributed by atoms with Crippen LogP contribution in [0.25, 0.3) is 10.9 Å². The Morgan fingerprint density at radius 3 is 2.89 bits per heavy atom. The molecule has 1 N–H and O–H groups in total. The Labute approximate surface area is 179 Å². The van der Waals surface area contributed by atoms with Gasteiger partial charge in [0.2, 0.25) is 0 Å². The average Bonchev–Trinajstić information content (AvgIpc) is 3.16. The van der Waals surface area contributed by atoms with Crippen molar-refractivity contribution in [1.82, 2.24) is 24.8 Å². The van der Waals surface area contributed by atoms with E-state index in [0.717, 1.165) is 45.4 Å². The lowest BCUT2D eigenvalue weighted by Crippen LogP contribution is -2.44. The van der Waals surface area contributed by atoms with Crippen molar-refractivity contribution < 1.29 is 0 Å². The zero-order chi connectivity index (χ0) is 19.1. The molecule has 1 fully saturated rings. The minimum atomic E-state index is 0.491. The molecule has 3 aromatic rings. The number of halogens is 1. The zero-order valence-electron chi connectivity index (χ0n) is 16.0. The van der Waals surface area contributed by atoms with Gasteiger partial charge in [-0.15, -0.1) is 0 Å². The van der Waals surface area contributed by atoms with Gasteiger partial charge in [-0.2, -0.15) is 5.10 Å². The quantitative estimate of drug-likeness (QED) is 0.435. The summed E-state index contributed by atoms with van der Waals surface area (Å²) in [5.41, 5.74) is 6.76. The Bertz CT molecular complexity index is 1010. The summed E-state index contributed by atoms with van der Waals surface area (Å²) < 4.78 is 2.17. The second-order valence-corrected chi connectivity index (χ2v) is 9.71. The SMILES string of the molecule is Cc1ccc2cnn(PI)c2c1C1CCc2c(ncnc2N2CCNCC2)C1. The van der Waals surface area contributed by atoms with Crippen LogP contribution in [-0.4, -0.2) is 45.7 Å². The van der Waals surface area contributed by atoms with Crippen LogP contribution in [0.5, 0.6) is 0 Å². The monoisotopic (exact) mass is 506 g/mol. The highest BCUT2D eigenvalue weighted by Gasteiger charge is 2.29. The van der Waals surface area contributed by atoms with Crippen LogP contribution in [0.15, 0.2) is 24.7 Å². The van der Waals surface area contributed by atoms with Gasteiger partial charge in [-0.1, -0.05) is 12.1 Å². The fourth-order valence-electron chi connectivity index (χ4n) is 4.74. The van der Waals surface area contributed by atoms with Crippen LogP contribution in [0.3, 0.4) is 0 Å². The van der Waals surface area contributed by atoms with Crippen LogP contribution in [0.1, 0.15) is 34.7 Å². The predicted octanol–water partition coefficient (Wildman–Crippen LogP) is 3.61. The molecule has 3 heterocycles. The highest BCUT2D eigenvalue weighted by molar-refractivity contribution is 14.2. The van der Waals surface area contributed by atoms with Crippen molar-refractivity contribution in [3.05, 3.63) is 47.0 Å². The number of piperazine rings is 1. The summed E-state index contributed by atoms with van der Waals surface area (Å²) in [6, 6.07) is 4.46. The number of fused-ring (bicyclic) bond motifs is 2. The summed E-state index contributed by atoms with van der Waals surface area (Å²) in [6.07, 6.45) is 7.58. The molecule has 8 heteroatoms. The Hall–Kier alpha value is -1.31. The molecule has 0 spiro atoms. The topological polar surface area (TPSA) is 58.9 Å². The molecule has 2 aromatic heterocycles. The standard InChI is InChI=1S/C20H24IN6P/c1-13-2-3-15-11-25-27(28-21)19(15)18(13)14-4-5-16-17(10-14)23-12-24-20(16)26-8-6-22-7-9-26/h2-3,11-12,14,22,28H,4-10H2,1H3. The van der Waals surface area contributed by atoms with E-state index in [2.05, 4.69) is 65.8 Å². The van der Waals surface area contributed by atoms with Crippen molar-refractivity contribution in [2.75, 3.05) is 31.1 Å². The second kappa shape index (κ2) is 7.84. The molecular formula is C20H24IN6P. The number of nitrogens with one attached hydrogen (secondary N) is 1. The molecule has 2 atom stereocenters. The van der Waals surface area contributed by atoms with Gasteiger partial charge >= 0.3 is 0 Å². The van der Waals surface area contributed by atoms with E-state index >= 15 is 0 Å². The maximum atomic E-state index is 4.71. The van der Waals surface area contributed by atoms with Crippen LogP contribution in [-0.2, 0) is 12.8 Å². The predicted molar refractivity (Wildman–Crippen MR) is 124 cm³/mol. The van der Waals surface area contributed by atoms with Gasteiger partial charge in [-0.25, -0.2) is 14.4 Å². The molecule has 28 heavy (non-hydrogen) atoms. The van der Waals surface area contributed by atoms with Crippen molar-refractivity contribution in [2.24, 2.45) is 0 Å². The zero-order valence-corrected chi connectivity index (χ0v) is 19.1. The molecule has 2 aliphatic rings. The highest BCUT2D eigenvalue weighted by atomic mass is 127. The van der Waals surface area contributed by atoms with E-state index in [0.29, 0.717) is 12.3 Å². The third-order valence-electron chi connectivity index (χ3n) is 6.09. The number of hydrogen-bond acceptors (Lipinski definition) is 5. The normalized spacial score (nSPS) is 20.2. The number of hydrogen-bond donors (Lipinski definition) is 1. The van der Waals surface area contributed by atoms with Crippen molar-refractivity contribution in [3.63, 3.8) is 0 Å². The Kier molecular flexibility index (Phi) is 5.24. The van der Waals surface area contributed by atoms with Crippen molar-refractivity contribution in [2.45, 2.75) is 32.1 Å². The Morgan fingerprint density at radius 1 is 1.21 bits per heavy atom. The second-order valence-electron chi connectivity index (χ2n) is 7.67. The van der Waals surface area contributed by atoms with E-state index in [9.17, 15) is 0 Å². The molecule has 6 nitrogen and oxygen atoms in total. The van der Waals surface area contributed by atoms with E-state index < -0.39 is 0 Å². The largest absolute Gasteiger partial charge is 0.354 e. The molecular weight excluding hydrogens is 482 g/mol. The van der Waals surface area contributed by atoms with Crippen LogP contribution >= 0.6 is 28.4 Å². The van der Waals surface area contributed by atoms with Gasteiger partial charge in [-0.3, -0.25) is 0 Å². The average molecular weight is 506 g/mol. The van der Waals surface area contributed by atoms with E-state index in [4.69, 9.17) is 4.98 Å². The summed E-state index contributed by atoms with van der Waals surface area (Å²) in [6.45, 7) is 6.36. The third kappa shape index (κ3) is 3.21. The molecule has 1 aromatic carbocycles. The molecule has 0 amide bonds. The van der Waals surface area contributed by atoms with Crippen LogP contribution in [0.2, 0.25) is 0 Å². The van der Waals surface area contributed by atoms with Gasteiger partial charge in [0.15, 0.2) is 0 Å². The first kappa shape index (κ1) is 18.7. The van der Waals surface area contributed by atoms with E-state index in [1.807, 2.05) is 6.20 Å². The first-order valence-electron chi connectivity index (χ1n) is 9.88. The molecule has 0 saturated carbocycles. The van der Waals surface area contributed by atoms with Gasteiger partial charge in [0.1, 0.15) is 12.1 Å². The number of aryl methyl sites for hydroxylation is 1. The minimum absolute atomic E-state index is 0.491. The third-order valence-corrected chi connectivity index (χ3v) is 7.96. The van der Waals surface area contributed by atoms with Crippen LogP contribution < -0.4 is 10.2 Å². The first-order valence-corrected chi connectivity index (χ1v) is 13.9. The summed E-state index contributed by atoms with van der Waals surface area (Å²) in [7, 11) is 0. The van der Waals surface area contributed by atoms with Crippen molar-refractivity contribution >= 4 is 45.1 Å². The lowest BCUT2D eigenvalue weighted by Gasteiger charge is -2.33. The number of benzene rings is 1. The van der Waals surface area contributed by atoms with E-state index in [1.54, 1.807) is 6.33 Å². The smallest absolute Gasteiger partial charge is 0.135 e. The first-order chi connectivity index (χ1) is 13.8. The van der Waals surface area contributed by atoms with Gasteiger partial charge in [0, 0.05) is 42.8 Å². The molecule has 5 rings (SSSR count). The van der Waals surface area contributed by atoms with E-state index in [-0.39, 0.29) is 0 Å². The summed E-state index contributed by atoms with van der Waals surface area (Å²) in [4.78, 5) is 11.8. The number of rotatable bonds is 3. The van der Waals surface area contributed by atoms with Gasteiger partial charge in [-0.05, 0) is 65.3 Å². The Morgan fingerprint density at radius 2 is 2.07 bits per heavy atom. The van der Waals surface area contributed by atoms with Crippen LogP contribution in [0, 0.1) is 6.92 Å². The van der Waals surface area contributed by atoms with Crippen molar-refractivity contribution in [3.8, 4) is 0 Å². The molecule has 1 aliphatic carbocycles. The number of aromatic nitrogens is 4. The summed E-state index contributed by atoms with van der Waals surface area (Å²) >= 11 is 2.42. The fraction of sp³-hybridized carbons (Fsp3) is 0.450. The summed E-state index contributed by atoms with van der Waals surface area (Å²) in [5, 5.41) is 9.29. The molecule has 2 unspecified atom stereocenters. The van der Waals surface area contributed by atoms with Gasteiger partial charge in [0.05, 0.1) is 18.1 Å². The Balaban J connectivity index is 1.53.